The van der Waals surface area contributed by atoms with E-state index in [1.165, 1.54) is 70.6 Å². The summed E-state index contributed by atoms with van der Waals surface area (Å²) in [6.45, 7) is 4.08. The maximum atomic E-state index is 12.7. The molecule has 4 atom stereocenters. The van der Waals surface area contributed by atoms with Crippen LogP contribution in [0.15, 0.2) is 60.8 Å². The van der Waals surface area contributed by atoms with E-state index in [0.29, 0.717) is 36.1 Å². The summed E-state index contributed by atoms with van der Waals surface area (Å²) in [4.78, 5) is 37.6. The fraction of sp³-hybridized carbons (Fsp3) is 0.750. The number of allylic oxidation sites excluding steroid dienone is 9. The van der Waals surface area contributed by atoms with Crippen LogP contribution < -0.4 is 4.89 Å². The number of carbonyl (C=O) groups is 2. The summed E-state index contributed by atoms with van der Waals surface area (Å²) in [5, 5.41) is 0. The van der Waals surface area contributed by atoms with Gasteiger partial charge in [0, 0.05) is 12.8 Å². The zero-order valence-corrected chi connectivity index (χ0v) is 38.8. The third-order valence-corrected chi connectivity index (χ3v) is 10.9. The molecule has 0 spiro atoms. The van der Waals surface area contributed by atoms with Crippen molar-refractivity contribution in [3.8, 4) is 0 Å². The molecule has 340 valence electrons. The van der Waals surface area contributed by atoms with Crippen LogP contribution in [0.4, 0.5) is 0 Å². The lowest BCUT2D eigenvalue weighted by Crippen LogP contribution is -2.37. The van der Waals surface area contributed by atoms with Crippen LogP contribution in [0.5, 0.6) is 0 Å². The van der Waals surface area contributed by atoms with Gasteiger partial charge in [0.25, 0.3) is 7.82 Å². The van der Waals surface area contributed by atoms with Crippen LogP contribution in [0.3, 0.4) is 0 Å². The molecule has 1 fully saturated rings. The maximum absolute atomic E-state index is 12.7. The van der Waals surface area contributed by atoms with Crippen molar-refractivity contribution < 1.29 is 46.8 Å². The van der Waals surface area contributed by atoms with Gasteiger partial charge in [-0.3, -0.25) is 14.2 Å². The first kappa shape index (κ1) is 54.7. The fourth-order valence-electron chi connectivity index (χ4n) is 6.18. The second-order valence-electron chi connectivity index (χ2n) is 16.8. The Morgan fingerprint density at radius 1 is 0.627 bits per heavy atom. The molecular formula is C48H84NO9P. The molecule has 0 aliphatic carbocycles. The molecule has 59 heavy (non-hydrogen) atoms. The molecule has 0 aromatic heterocycles. The number of hydrogen-bond acceptors (Lipinski definition) is 9. The van der Waals surface area contributed by atoms with Crippen LogP contribution in [0.1, 0.15) is 168 Å². The van der Waals surface area contributed by atoms with Crippen LogP contribution >= 0.6 is 7.82 Å². The number of carbonyl (C=O) groups excluding carboxylic acids is 2. The van der Waals surface area contributed by atoms with Crippen molar-refractivity contribution in [3.05, 3.63) is 60.8 Å². The summed E-state index contributed by atoms with van der Waals surface area (Å²) in [5.74, 6) is -0.917. The number of quaternary nitrogens is 1. The molecule has 0 bridgehead atoms. The molecule has 0 radical (unpaired) electrons. The van der Waals surface area contributed by atoms with Crippen LogP contribution in [0, 0.1) is 0 Å². The quantitative estimate of drug-likeness (QED) is 0.0148. The van der Waals surface area contributed by atoms with Crippen molar-refractivity contribution in [2.75, 3.05) is 47.5 Å². The molecule has 0 N–H and O–H groups in total. The first-order valence-electron chi connectivity index (χ1n) is 23.1. The van der Waals surface area contributed by atoms with Crippen molar-refractivity contribution in [2.24, 2.45) is 0 Å². The zero-order valence-electron chi connectivity index (χ0n) is 37.9. The van der Waals surface area contributed by atoms with Crippen LogP contribution in [0.2, 0.25) is 0 Å². The van der Waals surface area contributed by atoms with Gasteiger partial charge in [0.2, 0.25) is 0 Å². The number of ether oxygens (including phenoxy) is 3. The largest absolute Gasteiger partial charge is 0.756 e. The Morgan fingerprint density at radius 2 is 1.15 bits per heavy atom. The van der Waals surface area contributed by atoms with E-state index in [1.54, 1.807) is 0 Å². The molecule has 1 aliphatic heterocycles. The molecule has 1 rings (SSSR count). The van der Waals surface area contributed by atoms with Gasteiger partial charge in [0.15, 0.2) is 6.10 Å². The minimum absolute atomic E-state index is 0.0455. The average Bonchev–Trinajstić information content (AvgIpc) is 3.94. The second kappa shape index (κ2) is 36.3. The highest BCUT2D eigenvalue weighted by Gasteiger charge is 2.36. The van der Waals surface area contributed by atoms with Crippen molar-refractivity contribution in [3.63, 3.8) is 0 Å². The van der Waals surface area contributed by atoms with E-state index in [2.05, 4.69) is 74.6 Å². The second-order valence-corrected chi connectivity index (χ2v) is 18.2. The number of hydrogen-bond donors (Lipinski definition) is 0. The van der Waals surface area contributed by atoms with Crippen LogP contribution in [0.25, 0.3) is 0 Å². The summed E-state index contributed by atoms with van der Waals surface area (Å²) in [5.41, 5.74) is 0. The van der Waals surface area contributed by atoms with Gasteiger partial charge < -0.3 is 32.6 Å². The summed E-state index contributed by atoms with van der Waals surface area (Å²) >= 11 is 0. The maximum Gasteiger partial charge on any atom is 0.306 e. The van der Waals surface area contributed by atoms with Gasteiger partial charge >= 0.3 is 11.9 Å². The Morgan fingerprint density at radius 3 is 1.78 bits per heavy atom. The Bertz CT molecular complexity index is 1260. The SMILES string of the molecule is CCCCC/C=C\C/C=C\CCCCCCCCCC(=O)O[C@H](COC(=O)CCC/C=C\C/C=C\C/C=C\CC1OC1CCCCC)COP(=O)([O-])OCC[N+](C)(C)C. The predicted molar refractivity (Wildman–Crippen MR) is 240 cm³/mol. The first-order chi connectivity index (χ1) is 28.5. The van der Waals surface area contributed by atoms with Gasteiger partial charge in [-0.2, -0.15) is 0 Å². The summed E-state index contributed by atoms with van der Waals surface area (Å²) < 4.78 is 39.6. The normalized spacial score (nSPS) is 17.5. The standard InChI is InChI=1S/C48H84NO9P/c1-6-8-10-11-12-13-14-15-16-17-18-19-20-25-28-31-35-39-48(51)57-44(43-56-59(52,53)55-41-40-49(3,4)5)42-54-47(50)38-34-30-27-24-22-21-23-26-29-33-37-46-45(58-46)36-32-9-7-2/h12-13,15-16,21,23-24,27,29,33,44-46H,6-11,14,17-20,22,25-26,28,30-32,34-43H2,1-5H3/b13-12-,16-15-,23-21-,27-24-,33-29-/t44-,45?,46?/m1/s1. The third kappa shape index (κ3) is 37.2. The number of epoxide rings is 1. The van der Waals surface area contributed by atoms with Crippen molar-refractivity contribution in [1.29, 1.82) is 0 Å². The monoisotopic (exact) mass is 850 g/mol. The fourth-order valence-corrected chi connectivity index (χ4v) is 6.91. The minimum Gasteiger partial charge on any atom is -0.756 e. The first-order valence-corrected chi connectivity index (χ1v) is 24.6. The molecule has 0 amide bonds. The highest BCUT2D eigenvalue weighted by molar-refractivity contribution is 7.45. The van der Waals surface area contributed by atoms with Crippen molar-refractivity contribution >= 4 is 19.8 Å². The van der Waals surface area contributed by atoms with E-state index in [0.717, 1.165) is 57.8 Å². The van der Waals surface area contributed by atoms with E-state index >= 15 is 0 Å². The minimum atomic E-state index is -4.65. The van der Waals surface area contributed by atoms with E-state index in [9.17, 15) is 19.0 Å². The Hall–Kier alpha value is -2.33. The highest BCUT2D eigenvalue weighted by Crippen LogP contribution is 2.38. The number of rotatable bonds is 40. The lowest BCUT2D eigenvalue weighted by molar-refractivity contribution is -0.870. The number of esters is 2. The van der Waals surface area contributed by atoms with Crippen LogP contribution in [-0.2, 0) is 37.4 Å². The van der Waals surface area contributed by atoms with E-state index < -0.39 is 32.5 Å². The number of likely N-dealkylation sites (N-methyl/N-ethyl adjacent to an activating group) is 1. The number of unbranched alkanes of at least 4 members (excludes halogenated alkanes) is 13. The molecule has 1 aliphatic rings. The average molecular weight is 850 g/mol. The molecule has 0 aromatic rings. The van der Waals surface area contributed by atoms with Crippen LogP contribution in [-0.4, -0.2) is 82.2 Å². The molecule has 1 heterocycles. The Labute approximate surface area is 360 Å². The number of nitrogens with zero attached hydrogens (tertiary/aromatic N) is 1. The molecule has 11 heteroatoms. The van der Waals surface area contributed by atoms with Gasteiger partial charge in [0.1, 0.15) is 19.8 Å². The molecule has 3 unspecified atom stereocenters. The van der Waals surface area contributed by atoms with Gasteiger partial charge in [-0.1, -0.05) is 139 Å². The van der Waals surface area contributed by atoms with Gasteiger partial charge in [-0.15, -0.1) is 0 Å². The van der Waals surface area contributed by atoms with E-state index in [1.807, 2.05) is 21.1 Å². The molecule has 1 saturated heterocycles. The number of phosphoric ester groups is 1. The summed E-state index contributed by atoms with van der Waals surface area (Å²) in [6, 6.07) is 0. The number of phosphoric acid groups is 1. The lowest BCUT2D eigenvalue weighted by Gasteiger charge is -2.28. The molecule has 10 nitrogen and oxygen atoms in total. The Kier molecular flexibility index (Phi) is 33.7. The molecule has 0 aromatic carbocycles. The lowest BCUT2D eigenvalue weighted by atomic mass is 10.1. The van der Waals surface area contributed by atoms with E-state index in [4.69, 9.17) is 23.3 Å². The Balaban J connectivity index is 2.30. The third-order valence-electron chi connectivity index (χ3n) is 9.93. The highest BCUT2D eigenvalue weighted by atomic mass is 31.2. The van der Waals surface area contributed by atoms with Gasteiger partial charge in [-0.25, -0.2) is 0 Å². The van der Waals surface area contributed by atoms with Gasteiger partial charge in [-0.05, 0) is 77.0 Å². The van der Waals surface area contributed by atoms with Crippen molar-refractivity contribution in [1.82, 2.24) is 0 Å². The van der Waals surface area contributed by atoms with Gasteiger partial charge in [0.05, 0.1) is 40.0 Å². The zero-order chi connectivity index (χ0) is 43.3. The topological polar surface area (TPSA) is 124 Å². The molecule has 0 saturated carbocycles. The molecular weight excluding hydrogens is 766 g/mol. The van der Waals surface area contributed by atoms with E-state index in [-0.39, 0.29) is 26.1 Å². The summed E-state index contributed by atoms with van der Waals surface area (Å²) in [6.07, 6.45) is 45.7. The van der Waals surface area contributed by atoms with Crippen molar-refractivity contribution in [2.45, 2.75) is 186 Å². The smallest absolute Gasteiger partial charge is 0.306 e. The summed E-state index contributed by atoms with van der Waals surface area (Å²) in [7, 11) is 1.12. The predicted octanol–water partition coefficient (Wildman–Crippen LogP) is 11.6.